The number of fused-ring (bicyclic) bond motifs is 1. The standard InChI is InChI=1S/C27H33N3OS/c1-8-30-23-12-18(4)20(13-22(23)19(5)15-27(30,6)7)14-24-25(31)29-26(32-24)28-21-10-9-16(2)17(3)11-21/h9-14,19H,8,15H2,1-7H3,(H,28,29,31)/b24-14-. The van der Waals surface area contributed by atoms with Crippen molar-refractivity contribution >= 4 is 40.3 Å². The summed E-state index contributed by atoms with van der Waals surface area (Å²) in [4.78, 5) is 20.5. The number of carbonyl (C=O) groups is 1. The maximum atomic E-state index is 12.7. The van der Waals surface area contributed by atoms with E-state index in [-0.39, 0.29) is 11.4 Å². The Balaban J connectivity index is 1.66. The molecule has 0 saturated carbocycles. The molecule has 2 aromatic carbocycles. The molecule has 0 aromatic heterocycles. The Bertz CT molecular complexity index is 1150. The van der Waals surface area contributed by atoms with Gasteiger partial charge in [-0.1, -0.05) is 13.0 Å². The van der Waals surface area contributed by atoms with Crippen LogP contribution in [0.1, 0.15) is 67.9 Å². The Morgan fingerprint density at radius 1 is 1.16 bits per heavy atom. The van der Waals surface area contributed by atoms with Crippen molar-refractivity contribution in [3.05, 3.63) is 63.1 Å². The van der Waals surface area contributed by atoms with Crippen LogP contribution in [0.5, 0.6) is 0 Å². The molecule has 4 rings (SSSR count). The molecule has 4 nitrogen and oxygen atoms in total. The largest absolute Gasteiger partial charge is 0.366 e. The second-order valence-electron chi connectivity index (χ2n) is 9.68. The monoisotopic (exact) mass is 447 g/mol. The molecule has 32 heavy (non-hydrogen) atoms. The van der Waals surface area contributed by atoms with E-state index in [9.17, 15) is 4.79 Å². The van der Waals surface area contributed by atoms with E-state index in [0.29, 0.717) is 16.0 Å². The van der Waals surface area contributed by atoms with Gasteiger partial charge < -0.3 is 10.2 Å². The summed E-state index contributed by atoms with van der Waals surface area (Å²) in [7, 11) is 0. The number of hydrogen-bond donors (Lipinski definition) is 1. The summed E-state index contributed by atoms with van der Waals surface area (Å²) in [5, 5.41) is 3.55. The first-order valence-corrected chi connectivity index (χ1v) is 12.2. The number of anilines is 1. The van der Waals surface area contributed by atoms with E-state index >= 15 is 0 Å². The zero-order chi connectivity index (χ0) is 23.2. The van der Waals surface area contributed by atoms with Gasteiger partial charge in [-0.3, -0.25) is 4.79 Å². The Morgan fingerprint density at radius 3 is 2.59 bits per heavy atom. The van der Waals surface area contributed by atoms with Crippen LogP contribution < -0.4 is 10.2 Å². The Morgan fingerprint density at radius 2 is 1.91 bits per heavy atom. The number of rotatable bonds is 3. The molecule has 5 heteroatoms. The van der Waals surface area contributed by atoms with Gasteiger partial charge in [-0.05, 0) is 124 Å². The molecule has 1 amide bonds. The van der Waals surface area contributed by atoms with Gasteiger partial charge in [0.15, 0.2) is 5.17 Å². The first-order valence-electron chi connectivity index (χ1n) is 11.4. The van der Waals surface area contributed by atoms with Crippen LogP contribution in [0.3, 0.4) is 0 Å². The molecule has 2 aromatic rings. The molecule has 2 aliphatic heterocycles. The summed E-state index contributed by atoms with van der Waals surface area (Å²) in [6, 6.07) is 10.7. The second-order valence-corrected chi connectivity index (χ2v) is 10.7. The van der Waals surface area contributed by atoms with Gasteiger partial charge in [-0.15, -0.1) is 0 Å². The number of aliphatic imine (C=N–C) groups is 1. The van der Waals surface area contributed by atoms with Crippen molar-refractivity contribution in [2.24, 2.45) is 4.99 Å². The third kappa shape index (κ3) is 4.23. The van der Waals surface area contributed by atoms with Crippen molar-refractivity contribution in [2.75, 3.05) is 11.4 Å². The average molecular weight is 448 g/mol. The number of thioether (sulfide) groups is 1. The quantitative estimate of drug-likeness (QED) is 0.538. The van der Waals surface area contributed by atoms with E-state index < -0.39 is 0 Å². The Kier molecular flexibility index (Phi) is 5.97. The van der Waals surface area contributed by atoms with Gasteiger partial charge >= 0.3 is 0 Å². The summed E-state index contributed by atoms with van der Waals surface area (Å²) in [6.07, 6.45) is 3.14. The van der Waals surface area contributed by atoms with Crippen LogP contribution in [0.15, 0.2) is 40.2 Å². The minimum Gasteiger partial charge on any atom is -0.366 e. The highest BCUT2D eigenvalue weighted by Crippen LogP contribution is 2.44. The van der Waals surface area contributed by atoms with Crippen molar-refractivity contribution in [1.82, 2.24) is 5.32 Å². The number of hydrogen-bond acceptors (Lipinski definition) is 4. The average Bonchev–Trinajstić information content (AvgIpc) is 3.04. The van der Waals surface area contributed by atoms with Crippen LogP contribution in [-0.2, 0) is 4.79 Å². The van der Waals surface area contributed by atoms with E-state index in [1.54, 1.807) is 0 Å². The third-order valence-electron chi connectivity index (χ3n) is 6.75. The topological polar surface area (TPSA) is 44.7 Å². The summed E-state index contributed by atoms with van der Waals surface area (Å²) in [5.41, 5.74) is 8.43. The van der Waals surface area contributed by atoms with Crippen molar-refractivity contribution < 1.29 is 4.79 Å². The van der Waals surface area contributed by atoms with Crippen LogP contribution in [0.2, 0.25) is 0 Å². The lowest BCUT2D eigenvalue weighted by atomic mass is 9.79. The number of nitrogens with zero attached hydrogens (tertiary/aromatic N) is 2. The van der Waals surface area contributed by atoms with Crippen molar-refractivity contribution in [3.8, 4) is 0 Å². The highest BCUT2D eigenvalue weighted by Gasteiger charge is 2.36. The minimum atomic E-state index is -0.0842. The lowest BCUT2D eigenvalue weighted by molar-refractivity contribution is -0.115. The molecule has 1 saturated heterocycles. The number of carbonyl (C=O) groups excluding carboxylic acids is 1. The summed E-state index contributed by atoms with van der Waals surface area (Å²) in [6.45, 7) is 16.5. The molecule has 1 N–H and O–H groups in total. The molecule has 0 spiro atoms. The molecule has 168 valence electrons. The van der Waals surface area contributed by atoms with Crippen LogP contribution in [-0.4, -0.2) is 23.2 Å². The zero-order valence-electron chi connectivity index (χ0n) is 20.2. The first kappa shape index (κ1) is 22.7. The SMILES string of the molecule is CCN1c2cc(C)c(/C=C3\SC(=Nc4ccc(C)c(C)c4)NC3=O)cc2C(C)CC1(C)C. The fraction of sp³-hybridized carbons (Fsp3) is 0.407. The van der Waals surface area contributed by atoms with Gasteiger partial charge in [0.05, 0.1) is 10.6 Å². The van der Waals surface area contributed by atoms with Crippen LogP contribution in [0.4, 0.5) is 11.4 Å². The van der Waals surface area contributed by atoms with E-state index in [4.69, 9.17) is 0 Å². The zero-order valence-corrected chi connectivity index (χ0v) is 21.0. The van der Waals surface area contributed by atoms with Crippen LogP contribution >= 0.6 is 11.8 Å². The smallest absolute Gasteiger partial charge is 0.264 e. The maximum Gasteiger partial charge on any atom is 0.264 e. The fourth-order valence-electron chi connectivity index (χ4n) is 4.94. The molecule has 2 heterocycles. The van der Waals surface area contributed by atoms with Crippen LogP contribution in [0.25, 0.3) is 6.08 Å². The van der Waals surface area contributed by atoms with Crippen LogP contribution in [0, 0.1) is 20.8 Å². The van der Waals surface area contributed by atoms with E-state index in [1.165, 1.54) is 39.7 Å². The molecule has 1 unspecified atom stereocenters. The highest BCUT2D eigenvalue weighted by atomic mass is 32.2. The lowest BCUT2D eigenvalue weighted by Crippen LogP contribution is -2.48. The third-order valence-corrected chi connectivity index (χ3v) is 7.66. The molecular formula is C27H33N3OS. The number of amidine groups is 1. The summed E-state index contributed by atoms with van der Waals surface area (Å²) < 4.78 is 0. The van der Waals surface area contributed by atoms with Gasteiger partial charge in [0.25, 0.3) is 5.91 Å². The number of amides is 1. The predicted octanol–water partition coefficient (Wildman–Crippen LogP) is 6.62. The summed E-state index contributed by atoms with van der Waals surface area (Å²) >= 11 is 1.41. The van der Waals surface area contributed by atoms with Crippen molar-refractivity contribution in [2.45, 2.75) is 66.3 Å². The van der Waals surface area contributed by atoms with E-state index in [1.807, 2.05) is 18.2 Å². The first-order chi connectivity index (χ1) is 15.1. The Labute approximate surface area is 196 Å². The molecule has 0 bridgehead atoms. The van der Waals surface area contributed by atoms with Gasteiger partial charge in [0.1, 0.15) is 0 Å². The number of benzene rings is 2. The maximum absolute atomic E-state index is 12.7. The molecular weight excluding hydrogens is 414 g/mol. The molecule has 1 atom stereocenters. The Hall–Kier alpha value is -2.53. The fourth-order valence-corrected chi connectivity index (χ4v) is 5.77. The van der Waals surface area contributed by atoms with Gasteiger partial charge in [-0.25, -0.2) is 4.99 Å². The predicted molar refractivity (Wildman–Crippen MR) is 138 cm³/mol. The van der Waals surface area contributed by atoms with Gasteiger partial charge in [-0.2, -0.15) is 0 Å². The lowest BCUT2D eigenvalue weighted by Gasteiger charge is -2.47. The van der Waals surface area contributed by atoms with Gasteiger partial charge in [0.2, 0.25) is 0 Å². The van der Waals surface area contributed by atoms with E-state index in [0.717, 1.165) is 24.2 Å². The van der Waals surface area contributed by atoms with E-state index in [2.05, 4.69) is 81.9 Å². The molecule has 2 aliphatic rings. The normalized spacial score (nSPS) is 22.4. The van der Waals surface area contributed by atoms with Gasteiger partial charge in [0, 0.05) is 17.8 Å². The second kappa shape index (κ2) is 8.43. The molecule has 0 aliphatic carbocycles. The minimum absolute atomic E-state index is 0.0842. The summed E-state index contributed by atoms with van der Waals surface area (Å²) in [5.74, 6) is 0.395. The molecule has 0 radical (unpaired) electrons. The number of nitrogens with one attached hydrogen (secondary N) is 1. The van der Waals surface area contributed by atoms with Crippen molar-refractivity contribution in [1.29, 1.82) is 0 Å². The number of aryl methyl sites for hydroxylation is 3. The van der Waals surface area contributed by atoms with Crippen molar-refractivity contribution in [3.63, 3.8) is 0 Å². The molecule has 1 fully saturated rings. The highest BCUT2D eigenvalue weighted by molar-refractivity contribution is 8.18.